The molecule has 1 heterocycles. The van der Waals surface area contributed by atoms with Crippen molar-refractivity contribution in [3.8, 4) is 5.88 Å². The molecule has 4 heteroatoms. The predicted octanol–water partition coefficient (Wildman–Crippen LogP) is 2.79. The van der Waals surface area contributed by atoms with E-state index in [-0.39, 0.29) is 0 Å². The number of ether oxygens (including phenoxy) is 1. The van der Waals surface area contributed by atoms with Gasteiger partial charge in [0.1, 0.15) is 0 Å². The number of hydrogen-bond acceptors (Lipinski definition) is 4. The SMILES string of the molecule is CCCCCCOc1nc(NC)ncc1C. The molecule has 0 aliphatic rings. The van der Waals surface area contributed by atoms with Crippen molar-refractivity contribution in [3.63, 3.8) is 0 Å². The van der Waals surface area contributed by atoms with Crippen molar-refractivity contribution in [2.75, 3.05) is 19.0 Å². The Morgan fingerprint density at radius 3 is 2.81 bits per heavy atom. The largest absolute Gasteiger partial charge is 0.477 e. The molecule has 1 aromatic heterocycles. The van der Waals surface area contributed by atoms with Gasteiger partial charge in [0, 0.05) is 18.8 Å². The van der Waals surface area contributed by atoms with Gasteiger partial charge in [0.25, 0.3) is 0 Å². The van der Waals surface area contributed by atoms with Crippen LogP contribution in [0.15, 0.2) is 6.20 Å². The van der Waals surface area contributed by atoms with Gasteiger partial charge < -0.3 is 10.1 Å². The Labute approximate surface area is 97.5 Å². The summed E-state index contributed by atoms with van der Waals surface area (Å²) in [7, 11) is 1.80. The smallest absolute Gasteiger partial charge is 0.225 e. The van der Waals surface area contributed by atoms with Gasteiger partial charge >= 0.3 is 0 Å². The highest BCUT2D eigenvalue weighted by Crippen LogP contribution is 2.15. The van der Waals surface area contributed by atoms with Gasteiger partial charge in [-0.25, -0.2) is 4.98 Å². The van der Waals surface area contributed by atoms with Crippen LogP contribution in [0.2, 0.25) is 0 Å². The Kier molecular flexibility index (Phi) is 5.61. The highest BCUT2D eigenvalue weighted by Gasteiger charge is 2.03. The lowest BCUT2D eigenvalue weighted by molar-refractivity contribution is 0.291. The minimum Gasteiger partial charge on any atom is -0.477 e. The van der Waals surface area contributed by atoms with E-state index in [1.54, 1.807) is 13.2 Å². The molecule has 0 amide bonds. The number of rotatable bonds is 7. The summed E-state index contributed by atoms with van der Waals surface area (Å²) in [6.45, 7) is 4.90. The van der Waals surface area contributed by atoms with Crippen molar-refractivity contribution in [2.45, 2.75) is 39.5 Å². The van der Waals surface area contributed by atoms with Crippen LogP contribution in [0.3, 0.4) is 0 Å². The van der Waals surface area contributed by atoms with E-state index >= 15 is 0 Å². The average molecular weight is 223 g/mol. The molecule has 0 saturated carbocycles. The van der Waals surface area contributed by atoms with E-state index in [0.717, 1.165) is 18.6 Å². The van der Waals surface area contributed by atoms with Crippen LogP contribution in [0.1, 0.15) is 38.2 Å². The summed E-state index contributed by atoms with van der Waals surface area (Å²) in [5.41, 5.74) is 0.981. The monoisotopic (exact) mass is 223 g/mol. The maximum atomic E-state index is 5.63. The molecule has 0 atom stereocenters. The molecule has 1 N–H and O–H groups in total. The van der Waals surface area contributed by atoms with Crippen LogP contribution in [0.25, 0.3) is 0 Å². The van der Waals surface area contributed by atoms with Crippen LogP contribution in [-0.4, -0.2) is 23.6 Å². The van der Waals surface area contributed by atoms with Crippen LogP contribution in [0, 0.1) is 6.92 Å². The topological polar surface area (TPSA) is 47.0 Å². The van der Waals surface area contributed by atoms with E-state index < -0.39 is 0 Å². The molecule has 0 fully saturated rings. The molecule has 1 aromatic rings. The van der Waals surface area contributed by atoms with E-state index in [0.29, 0.717) is 11.8 Å². The fourth-order valence-corrected chi connectivity index (χ4v) is 1.39. The van der Waals surface area contributed by atoms with Gasteiger partial charge in [-0.15, -0.1) is 0 Å². The number of aryl methyl sites for hydroxylation is 1. The van der Waals surface area contributed by atoms with Crippen LogP contribution >= 0.6 is 0 Å². The molecule has 0 aliphatic heterocycles. The van der Waals surface area contributed by atoms with Gasteiger partial charge in [-0.3, -0.25) is 0 Å². The molecular formula is C12H21N3O. The van der Waals surface area contributed by atoms with E-state index in [1.807, 2.05) is 6.92 Å². The summed E-state index contributed by atoms with van der Waals surface area (Å²) < 4.78 is 5.63. The second-order valence-corrected chi connectivity index (χ2v) is 3.84. The fraction of sp³-hybridized carbons (Fsp3) is 0.667. The first-order chi connectivity index (χ1) is 7.77. The lowest BCUT2D eigenvalue weighted by Crippen LogP contribution is -2.04. The number of anilines is 1. The first-order valence-corrected chi connectivity index (χ1v) is 5.92. The number of unbranched alkanes of at least 4 members (excludes halogenated alkanes) is 3. The average Bonchev–Trinajstić information content (AvgIpc) is 2.31. The lowest BCUT2D eigenvalue weighted by atomic mass is 10.2. The van der Waals surface area contributed by atoms with Crippen LogP contribution in [0.4, 0.5) is 5.95 Å². The summed E-state index contributed by atoms with van der Waals surface area (Å²) in [4.78, 5) is 8.38. The van der Waals surface area contributed by atoms with Crippen molar-refractivity contribution < 1.29 is 4.74 Å². The molecule has 16 heavy (non-hydrogen) atoms. The third-order valence-corrected chi connectivity index (χ3v) is 2.39. The zero-order chi connectivity index (χ0) is 11.8. The van der Waals surface area contributed by atoms with E-state index in [1.165, 1.54) is 19.3 Å². The van der Waals surface area contributed by atoms with Gasteiger partial charge in [-0.2, -0.15) is 4.98 Å². The molecule has 0 aliphatic carbocycles. The highest BCUT2D eigenvalue weighted by molar-refractivity contribution is 5.31. The first kappa shape index (κ1) is 12.7. The van der Waals surface area contributed by atoms with Crippen LogP contribution in [-0.2, 0) is 0 Å². The van der Waals surface area contributed by atoms with Gasteiger partial charge in [-0.05, 0) is 13.3 Å². The molecule has 0 spiro atoms. The fourth-order valence-electron chi connectivity index (χ4n) is 1.39. The van der Waals surface area contributed by atoms with E-state index in [4.69, 9.17) is 4.74 Å². The molecule has 90 valence electrons. The normalized spacial score (nSPS) is 10.2. The molecule has 0 unspecified atom stereocenters. The molecule has 0 radical (unpaired) electrons. The maximum absolute atomic E-state index is 5.63. The standard InChI is InChI=1S/C12H21N3O/c1-4-5-6-7-8-16-11-10(2)9-14-12(13-3)15-11/h9H,4-8H2,1-3H3,(H,13,14,15). The number of nitrogens with zero attached hydrogens (tertiary/aromatic N) is 2. The molecular weight excluding hydrogens is 202 g/mol. The summed E-state index contributed by atoms with van der Waals surface area (Å²) in [6, 6.07) is 0. The summed E-state index contributed by atoms with van der Waals surface area (Å²) in [6.07, 6.45) is 6.61. The number of aromatic nitrogens is 2. The Morgan fingerprint density at radius 2 is 2.12 bits per heavy atom. The predicted molar refractivity (Wildman–Crippen MR) is 66.0 cm³/mol. The van der Waals surface area contributed by atoms with Gasteiger partial charge in [-0.1, -0.05) is 26.2 Å². The molecule has 1 rings (SSSR count). The van der Waals surface area contributed by atoms with Crippen molar-refractivity contribution in [3.05, 3.63) is 11.8 Å². The van der Waals surface area contributed by atoms with E-state index in [2.05, 4.69) is 22.2 Å². The Bertz CT molecular complexity index is 315. The van der Waals surface area contributed by atoms with Gasteiger partial charge in [0.05, 0.1) is 6.61 Å². The second kappa shape index (κ2) is 7.04. The molecule has 0 aromatic carbocycles. The van der Waals surface area contributed by atoms with Crippen molar-refractivity contribution in [1.29, 1.82) is 0 Å². The minimum absolute atomic E-state index is 0.606. The van der Waals surface area contributed by atoms with Gasteiger partial charge in [0.15, 0.2) is 0 Å². The maximum Gasteiger partial charge on any atom is 0.225 e. The number of hydrogen-bond donors (Lipinski definition) is 1. The molecule has 4 nitrogen and oxygen atoms in total. The van der Waals surface area contributed by atoms with E-state index in [9.17, 15) is 0 Å². The summed E-state index contributed by atoms with van der Waals surface area (Å²) in [5, 5.41) is 2.90. The zero-order valence-electron chi connectivity index (χ0n) is 10.4. The van der Waals surface area contributed by atoms with Crippen molar-refractivity contribution >= 4 is 5.95 Å². The first-order valence-electron chi connectivity index (χ1n) is 5.92. The summed E-state index contributed by atoms with van der Waals surface area (Å²) >= 11 is 0. The number of nitrogens with one attached hydrogen (secondary N) is 1. The van der Waals surface area contributed by atoms with Crippen molar-refractivity contribution in [1.82, 2.24) is 9.97 Å². The zero-order valence-corrected chi connectivity index (χ0v) is 10.4. The lowest BCUT2D eigenvalue weighted by Gasteiger charge is -2.08. The Balaban J connectivity index is 2.40. The third-order valence-electron chi connectivity index (χ3n) is 2.39. The Hall–Kier alpha value is -1.32. The van der Waals surface area contributed by atoms with Crippen LogP contribution in [0.5, 0.6) is 5.88 Å². The molecule has 0 saturated heterocycles. The molecule has 0 bridgehead atoms. The van der Waals surface area contributed by atoms with Crippen molar-refractivity contribution in [2.24, 2.45) is 0 Å². The summed E-state index contributed by atoms with van der Waals surface area (Å²) in [5.74, 6) is 1.30. The minimum atomic E-state index is 0.606. The van der Waals surface area contributed by atoms with Crippen LogP contribution < -0.4 is 10.1 Å². The van der Waals surface area contributed by atoms with Gasteiger partial charge in [0.2, 0.25) is 11.8 Å². The quantitative estimate of drug-likeness (QED) is 0.722. The Morgan fingerprint density at radius 1 is 1.31 bits per heavy atom. The second-order valence-electron chi connectivity index (χ2n) is 3.84. The third kappa shape index (κ3) is 4.04. The highest BCUT2D eigenvalue weighted by atomic mass is 16.5.